The minimum Gasteiger partial charge on any atom is -0.461 e. The number of carbonyl (C=O) groups is 2. The first-order valence-electron chi connectivity index (χ1n) is 7.23. The molecular weight excluding hydrogens is 296 g/mol. The van der Waals surface area contributed by atoms with E-state index in [1.807, 2.05) is 6.92 Å². The van der Waals surface area contributed by atoms with E-state index in [4.69, 9.17) is 4.42 Å². The van der Waals surface area contributed by atoms with E-state index in [0.29, 0.717) is 17.0 Å². The molecule has 2 N–H and O–H groups in total. The van der Waals surface area contributed by atoms with E-state index >= 15 is 0 Å². The Labute approximate surface area is 132 Å². The Kier molecular flexibility index (Phi) is 3.92. The Hall–Kier alpha value is -2.96. The van der Waals surface area contributed by atoms with Gasteiger partial charge in [0, 0.05) is 29.7 Å². The Balaban J connectivity index is 1.67. The summed E-state index contributed by atoms with van der Waals surface area (Å²) in [5, 5.41) is 10.4. The second kappa shape index (κ2) is 6.04. The van der Waals surface area contributed by atoms with Gasteiger partial charge >= 0.3 is 0 Å². The van der Waals surface area contributed by atoms with Gasteiger partial charge < -0.3 is 9.73 Å². The van der Waals surface area contributed by atoms with E-state index in [9.17, 15) is 9.59 Å². The van der Waals surface area contributed by atoms with Crippen molar-refractivity contribution in [1.82, 2.24) is 20.5 Å². The van der Waals surface area contributed by atoms with Gasteiger partial charge in [-0.3, -0.25) is 14.7 Å². The summed E-state index contributed by atoms with van der Waals surface area (Å²) in [6.45, 7) is 3.64. The number of Topliss-reactive ketones (excluding diaryl/α,β-unsaturated/α-hetero) is 1. The first-order valence-corrected chi connectivity index (χ1v) is 7.23. The van der Waals surface area contributed by atoms with Gasteiger partial charge in [0.2, 0.25) is 0 Å². The molecule has 1 unspecified atom stereocenters. The number of furan rings is 1. The third kappa shape index (κ3) is 3.13. The first kappa shape index (κ1) is 15.0. The van der Waals surface area contributed by atoms with Crippen molar-refractivity contribution < 1.29 is 14.0 Å². The summed E-state index contributed by atoms with van der Waals surface area (Å²) >= 11 is 0. The molecule has 7 nitrogen and oxygen atoms in total. The van der Waals surface area contributed by atoms with Crippen LogP contribution in [0.2, 0.25) is 0 Å². The third-order valence-electron chi connectivity index (χ3n) is 3.53. The summed E-state index contributed by atoms with van der Waals surface area (Å²) < 4.78 is 5.06. The molecule has 7 heteroatoms. The molecular formula is C16H16N4O3. The van der Waals surface area contributed by atoms with Crippen molar-refractivity contribution in [2.75, 3.05) is 0 Å². The van der Waals surface area contributed by atoms with Crippen molar-refractivity contribution in [3.8, 4) is 0 Å². The van der Waals surface area contributed by atoms with Crippen LogP contribution < -0.4 is 5.32 Å². The van der Waals surface area contributed by atoms with E-state index in [0.717, 1.165) is 11.1 Å². The van der Waals surface area contributed by atoms with Crippen LogP contribution in [0.5, 0.6) is 0 Å². The summed E-state index contributed by atoms with van der Waals surface area (Å²) in [4.78, 5) is 28.4. The topological polar surface area (TPSA) is 101 Å². The van der Waals surface area contributed by atoms with Crippen LogP contribution in [0.1, 0.15) is 40.0 Å². The molecule has 0 saturated carbocycles. The molecule has 0 radical (unpaired) electrons. The Morgan fingerprint density at radius 2 is 2.26 bits per heavy atom. The molecule has 0 aliphatic heterocycles. The fraction of sp³-hybridized carbons (Fsp3) is 0.250. The number of rotatable bonds is 5. The van der Waals surface area contributed by atoms with Gasteiger partial charge in [0.1, 0.15) is 0 Å². The lowest BCUT2D eigenvalue weighted by Gasteiger charge is -2.12. The number of nitrogens with one attached hydrogen (secondary N) is 2. The van der Waals surface area contributed by atoms with Crippen LogP contribution in [-0.4, -0.2) is 32.9 Å². The number of aryl methyl sites for hydroxylation is 1. The maximum Gasteiger partial charge on any atom is 0.253 e. The van der Waals surface area contributed by atoms with Gasteiger partial charge in [0.25, 0.3) is 5.91 Å². The molecule has 3 aromatic rings. The van der Waals surface area contributed by atoms with Gasteiger partial charge in [-0.05, 0) is 32.0 Å². The number of ketones is 1. The molecule has 3 heterocycles. The van der Waals surface area contributed by atoms with Gasteiger partial charge in [-0.25, -0.2) is 4.98 Å². The molecule has 118 valence electrons. The van der Waals surface area contributed by atoms with Crippen LogP contribution in [0.15, 0.2) is 35.1 Å². The van der Waals surface area contributed by atoms with Crippen LogP contribution in [0.25, 0.3) is 11.0 Å². The van der Waals surface area contributed by atoms with Crippen molar-refractivity contribution in [3.63, 3.8) is 0 Å². The second-order valence-electron chi connectivity index (χ2n) is 5.42. The largest absolute Gasteiger partial charge is 0.461 e. The maximum atomic E-state index is 12.3. The molecule has 0 aliphatic carbocycles. The van der Waals surface area contributed by atoms with Crippen molar-refractivity contribution >= 4 is 22.7 Å². The van der Waals surface area contributed by atoms with Crippen molar-refractivity contribution in [2.45, 2.75) is 26.3 Å². The minimum atomic E-state index is -0.318. The van der Waals surface area contributed by atoms with E-state index in [1.54, 1.807) is 25.1 Å². The van der Waals surface area contributed by atoms with Gasteiger partial charge in [0.05, 0.1) is 11.8 Å². The number of fused-ring (bicyclic) bond motifs is 1. The number of aromatic amines is 1. The predicted molar refractivity (Wildman–Crippen MR) is 83.2 cm³/mol. The fourth-order valence-electron chi connectivity index (χ4n) is 2.32. The molecule has 3 aromatic heterocycles. The summed E-state index contributed by atoms with van der Waals surface area (Å²) in [5.74, 6) is -0.134. The lowest BCUT2D eigenvalue weighted by atomic mass is 10.1. The van der Waals surface area contributed by atoms with Crippen molar-refractivity contribution in [2.24, 2.45) is 0 Å². The van der Waals surface area contributed by atoms with Gasteiger partial charge in [0.15, 0.2) is 17.2 Å². The lowest BCUT2D eigenvalue weighted by Crippen LogP contribution is -2.34. The molecule has 1 amide bonds. The van der Waals surface area contributed by atoms with Crippen LogP contribution in [0.3, 0.4) is 0 Å². The van der Waals surface area contributed by atoms with Crippen molar-refractivity contribution in [1.29, 1.82) is 0 Å². The number of aromatic nitrogens is 3. The lowest BCUT2D eigenvalue weighted by molar-refractivity contribution is 0.0907. The number of amides is 1. The number of pyridine rings is 1. The highest BCUT2D eigenvalue weighted by Gasteiger charge is 2.17. The maximum absolute atomic E-state index is 12.3. The quantitative estimate of drug-likeness (QED) is 0.704. The molecule has 23 heavy (non-hydrogen) atoms. The zero-order valence-electron chi connectivity index (χ0n) is 12.8. The summed E-state index contributed by atoms with van der Waals surface area (Å²) in [7, 11) is 0. The smallest absolute Gasteiger partial charge is 0.253 e. The number of nitrogens with zero attached hydrogens (tertiary/aromatic N) is 2. The molecule has 0 aliphatic rings. The highest BCUT2D eigenvalue weighted by atomic mass is 16.3. The normalized spacial score (nSPS) is 12.3. The van der Waals surface area contributed by atoms with Crippen LogP contribution in [0.4, 0.5) is 0 Å². The number of hydrogen-bond donors (Lipinski definition) is 2. The fourth-order valence-corrected chi connectivity index (χ4v) is 2.32. The molecule has 0 saturated heterocycles. The number of hydrogen-bond acceptors (Lipinski definition) is 5. The SMILES string of the molecule is Cc1[nH]nc2ncc(C(=O)NC(C)CC(=O)c3ccco3)cc12. The van der Waals surface area contributed by atoms with Crippen LogP contribution in [-0.2, 0) is 0 Å². The van der Waals surface area contributed by atoms with Crippen LogP contribution in [0, 0.1) is 6.92 Å². The van der Waals surface area contributed by atoms with E-state index in [-0.39, 0.29) is 24.2 Å². The summed E-state index contributed by atoms with van der Waals surface area (Å²) in [5.41, 5.74) is 1.85. The zero-order chi connectivity index (χ0) is 16.4. The average Bonchev–Trinajstić information content (AvgIpc) is 3.17. The van der Waals surface area contributed by atoms with E-state index in [1.165, 1.54) is 12.5 Å². The zero-order valence-corrected chi connectivity index (χ0v) is 12.8. The minimum absolute atomic E-state index is 0.151. The number of carbonyl (C=O) groups excluding carboxylic acids is 2. The predicted octanol–water partition coefficient (Wildman–Crippen LogP) is 2.25. The molecule has 3 rings (SSSR count). The molecule has 1 atom stereocenters. The van der Waals surface area contributed by atoms with Crippen molar-refractivity contribution in [3.05, 3.63) is 47.7 Å². The number of H-pyrrole nitrogens is 1. The molecule has 0 aromatic carbocycles. The third-order valence-corrected chi connectivity index (χ3v) is 3.53. The Morgan fingerprint density at radius 3 is 3.00 bits per heavy atom. The molecule has 0 spiro atoms. The average molecular weight is 312 g/mol. The standard InChI is InChI=1S/C16H16N4O3/c1-9(6-13(21)14-4-3-5-23-14)18-16(22)11-7-12-10(2)19-20-15(12)17-8-11/h3-5,7-9H,6H2,1-2H3,(H,18,22)(H,17,19,20). The van der Waals surface area contributed by atoms with E-state index < -0.39 is 0 Å². The second-order valence-corrected chi connectivity index (χ2v) is 5.42. The highest BCUT2D eigenvalue weighted by Crippen LogP contribution is 2.14. The summed E-state index contributed by atoms with van der Waals surface area (Å²) in [6.07, 6.45) is 3.09. The van der Waals surface area contributed by atoms with Gasteiger partial charge in [-0.15, -0.1) is 0 Å². The van der Waals surface area contributed by atoms with E-state index in [2.05, 4.69) is 20.5 Å². The van der Waals surface area contributed by atoms with Crippen LogP contribution >= 0.6 is 0 Å². The Morgan fingerprint density at radius 1 is 1.43 bits per heavy atom. The molecule has 0 fully saturated rings. The monoisotopic (exact) mass is 312 g/mol. The van der Waals surface area contributed by atoms with Gasteiger partial charge in [-0.1, -0.05) is 0 Å². The summed E-state index contributed by atoms with van der Waals surface area (Å²) in [6, 6.07) is 4.68. The Bertz CT molecular complexity index is 851. The molecule has 0 bridgehead atoms. The first-order chi connectivity index (χ1) is 11.0. The highest BCUT2D eigenvalue weighted by molar-refractivity contribution is 5.98. The van der Waals surface area contributed by atoms with Gasteiger partial charge in [-0.2, -0.15) is 5.10 Å².